The summed E-state index contributed by atoms with van der Waals surface area (Å²) in [7, 11) is 2.58. The first-order valence-electron chi connectivity index (χ1n) is 4.73. The van der Waals surface area contributed by atoms with Gasteiger partial charge in [0.2, 0.25) is 0 Å². The Labute approximate surface area is 92.9 Å². The molecule has 88 valence electrons. The minimum atomic E-state index is -0.770. The fourth-order valence-electron chi connectivity index (χ4n) is 1.25. The van der Waals surface area contributed by atoms with E-state index in [4.69, 9.17) is 9.47 Å². The fourth-order valence-corrected chi connectivity index (χ4v) is 1.25. The Morgan fingerprint density at radius 3 is 2.56 bits per heavy atom. The number of methoxy groups -OCH3 is 2. The first kappa shape index (κ1) is 12.3. The van der Waals surface area contributed by atoms with Gasteiger partial charge in [-0.05, 0) is 19.1 Å². The summed E-state index contributed by atoms with van der Waals surface area (Å²) >= 11 is 0. The lowest BCUT2D eigenvalue weighted by Gasteiger charge is -2.11. The molecule has 0 radical (unpaired) electrons. The monoisotopic (exact) mass is 228 g/mol. The van der Waals surface area contributed by atoms with Crippen LogP contribution in [0.25, 0.3) is 0 Å². The van der Waals surface area contributed by atoms with Gasteiger partial charge in [0.1, 0.15) is 0 Å². The second-order valence-electron chi connectivity index (χ2n) is 2.88. The molecule has 4 nitrogen and oxygen atoms in total. The maximum atomic E-state index is 13.8. The van der Waals surface area contributed by atoms with Crippen LogP contribution in [0.15, 0.2) is 12.1 Å². The van der Waals surface area contributed by atoms with Gasteiger partial charge in [-0.25, -0.2) is 9.18 Å². The van der Waals surface area contributed by atoms with Gasteiger partial charge in [0.05, 0.1) is 26.4 Å². The molecule has 0 heterocycles. The van der Waals surface area contributed by atoms with Crippen LogP contribution in [-0.4, -0.2) is 26.8 Å². The zero-order valence-corrected chi connectivity index (χ0v) is 9.37. The van der Waals surface area contributed by atoms with Crippen molar-refractivity contribution in [2.45, 2.75) is 6.92 Å². The molecule has 0 aliphatic carbocycles. The van der Waals surface area contributed by atoms with Gasteiger partial charge in [-0.15, -0.1) is 0 Å². The normalized spacial score (nSPS) is 9.75. The lowest BCUT2D eigenvalue weighted by atomic mass is 10.2. The second-order valence-corrected chi connectivity index (χ2v) is 2.88. The lowest BCUT2D eigenvalue weighted by Crippen LogP contribution is -2.07. The zero-order valence-electron chi connectivity index (χ0n) is 9.37. The number of halogens is 1. The van der Waals surface area contributed by atoms with Crippen molar-refractivity contribution in [3.63, 3.8) is 0 Å². The predicted molar refractivity (Wildman–Crippen MR) is 55.5 cm³/mol. The minimum absolute atomic E-state index is 0.0760. The highest BCUT2D eigenvalue weighted by Gasteiger charge is 2.20. The molecule has 0 bridgehead atoms. The van der Waals surface area contributed by atoms with E-state index in [2.05, 4.69) is 4.74 Å². The Morgan fingerprint density at radius 1 is 1.38 bits per heavy atom. The van der Waals surface area contributed by atoms with Crippen LogP contribution in [0.1, 0.15) is 17.3 Å². The molecule has 1 aromatic rings. The maximum absolute atomic E-state index is 13.8. The number of esters is 1. The molecule has 0 atom stereocenters. The van der Waals surface area contributed by atoms with Gasteiger partial charge < -0.3 is 14.2 Å². The number of hydrogen-bond donors (Lipinski definition) is 0. The molecule has 0 aliphatic rings. The summed E-state index contributed by atoms with van der Waals surface area (Å²) < 4.78 is 28.3. The van der Waals surface area contributed by atoms with Gasteiger partial charge in [-0.1, -0.05) is 0 Å². The summed E-state index contributed by atoms with van der Waals surface area (Å²) in [6, 6.07) is 2.75. The highest BCUT2D eigenvalue weighted by atomic mass is 19.1. The average molecular weight is 228 g/mol. The number of rotatable bonds is 4. The molecule has 0 unspecified atom stereocenters. The molecule has 0 spiro atoms. The van der Waals surface area contributed by atoms with Crippen LogP contribution >= 0.6 is 0 Å². The van der Waals surface area contributed by atoms with Crippen molar-refractivity contribution < 1.29 is 23.4 Å². The molecule has 1 aromatic carbocycles. The zero-order chi connectivity index (χ0) is 12.1. The molecule has 0 saturated carbocycles. The van der Waals surface area contributed by atoms with Crippen molar-refractivity contribution in [1.82, 2.24) is 0 Å². The van der Waals surface area contributed by atoms with E-state index in [1.165, 1.54) is 26.4 Å². The van der Waals surface area contributed by atoms with E-state index in [0.717, 1.165) is 0 Å². The van der Waals surface area contributed by atoms with E-state index in [1.54, 1.807) is 6.92 Å². The third-order valence-electron chi connectivity index (χ3n) is 1.97. The van der Waals surface area contributed by atoms with Crippen LogP contribution in [0.4, 0.5) is 4.39 Å². The molecule has 16 heavy (non-hydrogen) atoms. The Bertz CT molecular complexity index is 390. The summed E-state index contributed by atoms with van der Waals surface area (Å²) in [5.41, 5.74) is -0.174. The first-order chi connectivity index (χ1) is 7.65. The van der Waals surface area contributed by atoms with E-state index in [0.29, 0.717) is 0 Å². The molecule has 0 aliphatic heterocycles. The van der Waals surface area contributed by atoms with Gasteiger partial charge in [0.15, 0.2) is 17.3 Å². The molecule has 1 rings (SSSR count). The van der Waals surface area contributed by atoms with E-state index < -0.39 is 11.8 Å². The standard InChI is InChI=1S/C11H13FO4/c1-4-16-10-8(14-2)6-5-7(9(10)12)11(13)15-3/h5-6H,4H2,1-3H3. The van der Waals surface area contributed by atoms with Crippen LogP contribution in [0.3, 0.4) is 0 Å². The van der Waals surface area contributed by atoms with E-state index >= 15 is 0 Å². The Balaban J connectivity index is 3.25. The van der Waals surface area contributed by atoms with Gasteiger partial charge >= 0.3 is 5.97 Å². The van der Waals surface area contributed by atoms with Crippen LogP contribution in [0.5, 0.6) is 11.5 Å². The van der Waals surface area contributed by atoms with Crippen LogP contribution in [0, 0.1) is 5.82 Å². The second kappa shape index (κ2) is 5.34. The van der Waals surface area contributed by atoms with Crippen molar-refractivity contribution in [2.75, 3.05) is 20.8 Å². The van der Waals surface area contributed by atoms with Crippen LogP contribution < -0.4 is 9.47 Å². The smallest absolute Gasteiger partial charge is 0.340 e. The van der Waals surface area contributed by atoms with Crippen molar-refractivity contribution >= 4 is 5.97 Å². The van der Waals surface area contributed by atoms with Crippen LogP contribution in [0.2, 0.25) is 0 Å². The number of hydrogen-bond acceptors (Lipinski definition) is 4. The summed E-state index contributed by atoms with van der Waals surface area (Å²) in [5.74, 6) is -1.35. The van der Waals surface area contributed by atoms with Crippen molar-refractivity contribution in [3.05, 3.63) is 23.5 Å². The minimum Gasteiger partial charge on any atom is -0.493 e. The highest BCUT2D eigenvalue weighted by molar-refractivity contribution is 5.90. The number of carbonyl (C=O) groups is 1. The van der Waals surface area contributed by atoms with Crippen molar-refractivity contribution in [2.24, 2.45) is 0 Å². The van der Waals surface area contributed by atoms with Crippen molar-refractivity contribution in [1.29, 1.82) is 0 Å². The molecule has 0 N–H and O–H groups in total. The first-order valence-corrected chi connectivity index (χ1v) is 4.73. The third kappa shape index (κ3) is 2.24. The molecule has 5 heteroatoms. The number of benzene rings is 1. The third-order valence-corrected chi connectivity index (χ3v) is 1.97. The average Bonchev–Trinajstić information content (AvgIpc) is 2.31. The SMILES string of the molecule is CCOc1c(OC)ccc(C(=O)OC)c1F. The molecular formula is C11H13FO4. The topological polar surface area (TPSA) is 44.8 Å². The number of carbonyl (C=O) groups excluding carboxylic acids is 1. The summed E-state index contributed by atoms with van der Waals surface area (Å²) in [4.78, 5) is 11.2. The van der Waals surface area contributed by atoms with E-state index in [1.807, 2.05) is 0 Å². The summed E-state index contributed by atoms with van der Waals surface area (Å²) in [5, 5.41) is 0. The Morgan fingerprint density at radius 2 is 2.06 bits per heavy atom. The fraction of sp³-hybridized carbons (Fsp3) is 0.364. The highest BCUT2D eigenvalue weighted by Crippen LogP contribution is 2.32. The Kier molecular flexibility index (Phi) is 4.10. The van der Waals surface area contributed by atoms with Gasteiger partial charge in [0.25, 0.3) is 0 Å². The molecule has 0 fully saturated rings. The number of ether oxygens (including phenoxy) is 3. The Hall–Kier alpha value is -1.78. The quantitative estimate of drug-likeness (QED) is 0.739. The summed E-state index contributed by atoms with van der Waals surface area (Å²) in [6.45, 7) is 1.99. The molecular weight excluding hydrogens is 215 g/mol. The van der Waals surface area contributed by atoms with Crippen LogP contribution in [-0.2, 0) is 4.74 Å². The van der Waals surface area contributed by atoms with Gasteiger partial charge in [-0.3, -0.25) is 0 Å². The molecule has 0 aromatic heterocycles. The maximum Gasteiger partial charge on any atom is 0.340 e. The van der Waals surface area contributed by atoms with E-state index in [-0.39, 0.29) is 23.7 Å². The van der Waals surface area contributed by atoms with Gasteiger partial charge in [0, 0.05) is 0 Å². The van der Waals surface area contributed by atoms with E-state index in [9.17, 15) is 9.18 Å². The van der Waals surface area contributed by atoms with Crippen molar-refractivity contribution in [3.8, 4) is 11.5 Å². The van der Waals surface area contributed by atoms with Gasteiger partial charge in [-0.2, -0.15) is 0 Å². The molecule has 0 saturated heterocycles. The lowest BCUT2D eigenvalue weighted by molar-refractivity contribution is 0.0594. The summed E-state index contributed by atoms with van der Waals surface area (Å²) in [6.07, 6.45) is 0. The largest absolute Gasteiger partial charge is 0.493 e. The molecule has 0 amide bonds. The predicted octanol–water partition coefficient (Wildman–Crippen LogP) is 2.02.